The maximum atomic E-state index is 11.8. The maximum absolute atomic E-state index is 11.8. The lowest BCUT2D eigenvalue weighted by atomic mass is 10.1. The van der Waals surface area contributed by atoms with Crippen molar-refractivity contribution in [3.63, 3.8) is 0 Å². The van der Waals surface area contributed by atoms with Crippen LogP contribution < -0.4 is 10.6 Å². The molecule has 1 amide bonds. The van der Waals surface area contributed by atoms with E-state index < -0.39 is 6.04 Å². The molecular weight excluding hydrogens is 250 g/mol. The summed E-state index contributed by atoms with van der Waals surface area (Å²) >= 11 is 1.41. The van der Waals surface area contributed by atoms with Crippen LogP contribution in [0.25, 0.3) is 0 Å². The lowest BCUT2D eigenvalue weighted by Gasteiger charge is -2.10. The first-order valence-corrected chi connectivity index (χ1v) is 6.23. The first-order valence-electron chi connectivity index (χ1n) is 5.41. The Morgan fingerprint density at radius 3 is 3.06 bits per heavy atom. The molecule has 2 N–H and O–H groups in total. The van der Waals surface area contributed by atoms with Crippen molar-refractivity contribution < 1.29 is 9.21 Å². The zero-order chi connectivity index (χ0) is 12.7. The highest BCUT2D eigenvalue weighted by Gasteiger charge is 2.32. The Labute approximate surface area is 108 Å². The number of carbonyl (C=O) groups excluding carboxylic acids is 1. The van der Waals surface area contributed by atoms with E-state index in [1.807, 2.05) is 18.2 Å². The van der Waals surface area contributed by atoms with Gasteiger partial charge in [-0.1, -0.05) is 6.07 Å². The predicted molar refractivity (Wildman–Crippen MR) is 67.4 cm³/mol. The second kappa shape index (κ2) is 4.15. The highest BCUT2D eigenvalue weighted by atomic mass is 32.2. The van der Waals surface area contributed by atoms with Gasteiger partial charge in [0.1, 0.15) is 12.3 Å². The number of nitrogens with two attached hydrogens (primary N) is 1. The van der Waals surface area contributed by atoms with Gasteiger partial charge in [0.2, 0.25) is 5.91 Å². The van der Waals surface area contributed by atoms with E-state index in [1.165, 1.54) is 18.0 Å². The number of nitrogens with zero attached hydrogens (tertiary/aromatic N) is 2. The molecule has 0 radical (unpaired) electrons. The maximum Gasteiger partial charge on any atom is 0.260 e. The fraction of sp³-hybridized carbons (Fsp3) is 0.167. The smallest absolute Gasteiger partial charge is 0.260 e. The van der Waals surface area contributed by atoms with Crippen molar-refractivity contribution in [3.8, 4) is 0 Å². The van der Waals surface area contributed by atoms with Crippen molar-refractivity contribution in [2.75, 3.05) is 11.9 Å². The Kier molecular flexibility index (Phi) is 2.61. The lowest BCUT2D eigenvalue weighted by Crippen LogP contribution is -2.27. The minimum absolute atomic E-state index is 0.0803. The quantitative estimate of drug-likeness (QED) is 0.892. The van der Waals surface area contributed by atoms with E-state index >= 15 is 0 Å². The predicted octanol–water partition coefficient (Wildman–Crippen LogP) is 1.80. The monoisotopic (exact) mass is 261 g/mol. The molecule has 2 aromatic rings. The van der Waals surface area contributed by atoms with Crippen LogP contribution >= 0.6 is 11.8 Å². The van der Waals surface area contributed by atoms with Crippen LogP contribution in [0.5, 0.6) is 0 Å². The summed E-state index contributed by atoms with van der Waals surface area (Å²) < 4.78 is 5.17. The summed E-state index contributed by atoms with van der Waals surface area (Å²) in [7, 11) is 1.73. The average Bonchev–Trinajstić information content (AvgIpc) is 2.95. The molecule has 1 aromatic heterocycles. The summed E-state index contributed by atoms with van der Waals surface area (Å²) in [4.78, 5) is 18.3. The van der Waals surface area contributed by atoms with Gasteiger partial charge < -0.3 is 15.1 Å². The van der Waals surface area contributed by atoms with E-state index in [4.69, 9.17) is 10.2 Å². The number of oxazole rings is 1. The van der Waals surface area contributed by atoms with Gasteiger partial charge in [-0.3, -0.25) is 4.79 Å². The van der Waals surface area contributed by atoms with E-state index in [0.29, 0.717) is 5.22 Å². The molecule has 5 nitrogen and oxygen atoms in total. The fourth-order valence-electron chi connectivity index (χ4n) is 1.96. The van der Waals surface area contributed by atoms with E-state index in [9.17, 15) is 4.79 Å². The molecule has 1 aromatic carbocycles. The minimum atomic E-state index is -0.550. The van der Waals surface area contributed by atoms with Crippen LogP contribution in [0.2, 0.25) is 0 Å². The molecule has 0 saturated heterocycles. The molecule has 0 saturated carbocycles. The Morgan fingerprint density at radius 1 is 1.50 bits per heavy atom. The first-order chi connectivity index (χ1) is 8.66. The Morgan fingerprint density at radius 2 is 2.33 bits per heavy atom. The summed E-state index contributed by atoms with van der Waals surface area (Å²) in [6.07, 6.45) is 3.13. The average molecular weight is 261 g/mol. The van der Waals surface area contributed by atoms with Crippen molar-refractivity contribution in [1.82, 2.24) is 4.98 Å². The van der Waals surface area contributed by atoms with Gasteiger partial charge >= 0.3 is 0 Å². The van der Waals surface area contributed by atoms with Gasteiger partial charge in [0.25, 0.3) is 5.22 Å². The molecule has 1 atom stereocenters. The fourth-order valence-corrected chi connectivity index (χ4v) is 2.69. The topological polar surface area (TPSA) is 72.4 Å². The molecule has 6 heteroatoms. The zero-order valence-corrected chi connectivity index (χ0v) is 10.5. The molecule has 18 heavy (non-hydrogen) atoms. The third kappa shape index (κ3) is 1.70. The second-order valence-corrected chi connectivity index (χ2v) is 5.02. The minimum Gasteiger partial charge on any atom is -0.440 e. The van der Waals surface area contributed by atoms with Gasteiger partial charge in [-0.2, -0.15) is 0 Å². The highest BCUT2D eigenvalue weighted by molar-refractivity contribution is 7.99. The first kappa shape index (κ1) is 11.3. The van der Waals surface area contributed by atoms with Crippen LogP contribution in [0.15, 0.2) is 45.2 Å². The van der Waals surface area contributed by atoms with Gasteiger partial charge in [-0.15, -0.1) is 0 Å². The number of hydrogen-bond donors (Lipinski definition) is 1. The molecule has 3 rings (SSSR count). The van der Waals surface area contributed by atoms with E-state index in [2.05, 4.69) is 4.98 Å². The number of anilines is 1. The number of rotatable bonds is 2. The summed E-state index contributed by atoms with van der Waals surface area (Å²) in [6, 6.07) is 5.17. The number of benzene rings is 1. The van der Waals surface area contributed by atoms with Gasteiger partial charge in [-0.05, 0) is 23.9 Å². The summed E-state index contributed by atoms with van der Waals surface area (Å²) in [5.74, 6) is -0.0803. The van der Waals surface area contributed by atoms with Crippen LogP contribution in [0, 0.1) is 0 Å². The number of fused-ring (bicyclic) bond motifs is 1. The largest absolute Gasteiger partial charge is 0.440 e. The number of aromatic nitrogens is 1. The third-order valence-electron chi connectivity index (χ3n) is 2.91. The van der Waals surface area contributed by atoms with Crippen LogP contribution in [0.3, 0.4) is 0 Å². The van der Waals surface area contributed by atoms with Gasteiger partial charge in [0, 0.05) is 23.2 Å². The third-order valence-corrected chi connectivity index (χ3v) is 3.78. The van der Waals surface area contributed by atoms with Crippen molar-refractivity contribution in [3.05, 3.63) is 36.2 Å². The van der Waals surface area contributed by atoms with Gasteiger partial charge in [-0.25, -0.2) is 4.98 Å². The molecule has 0 fully saturated rings. The number of amides is 1. The zero-order valence-electron chi connectivity index (χ0n) is 9.66. The Bertz CT molecular complexity index is 597. The molecular formula is C12H11N3O2S. The summed E-state index contributed by atoms with van der Waals surface area (Å²) in [6.45, 7) is 0. The van der Waals surface area contributed by atoms with Gasteiger partial charge in [0.05, 0.1) is 6.20 Å². The normalized spacial score (nSPS) is 18.2. The second-order valence-electron chi connectivity index (χ2n) is 4.00. The summed E-state index contributed by atoms with van der Waals surface area (Å²) in [5, 5.41) is 0.575. The van der Waals surface area contributed by atoms with E-state index in [1.54, 1.807) is 18.1 Å². The van der Waals surface area contributed by atoms with Crippen molar-refractivity contribution >= 4 is 23.4 Å². The number of likely N-dealkylation sites (N-methyl/N-ethyl adjacent to an activating group) is 1. The molecule has 1 unspecified atom stereocenters. The molecule has 2 heterocycles. The van der Waals surface area contributed by atoms with E-state index in [-0.39, 0.29) is 5.91 Å². The van der Waals surface area contributed by atoms with E-state index in [0.717, 1.165) is 16.1 Å². The Balaban J connectivity index is 1.95. The molecule has 0 aliphatic carbocycles. The lowest BCUT2D eigenvalue weighted by molar-refractivity contribution is -0.118. The Hall–Kier alpha value is -1.79. The van der Waals surface area contributed by atoms with Crippen LogP contribution in [0.4, 0.5) is 5.69 Å². The van der Waals surface area contributed by atoms with Crippen LogP contribution in [-0.2, 0) is 4.79 Å². The number of carbonyl (C=O) groups is 1. The van der Waals surface area contributed by atoms with Crippen LogP contribution in [-0.4, -0.2) is 17.9 Å². The standard InChI is InChI=1S/C12H11N3O2S/c1-15-9-6-7(18-12-14-4-5-17-12)2-3-8(9)10(13)11(15)16/h2-6,10H,13H2,1H3. The molecule has 1 aliphatic rings. The molecule has 92 valence electrons. The SMILES string of the molecule is CN1C(=O)C(N)c2ccc(Sc3ncco3)cc21. The summed E-state index contributed by atoms with van der Waals surface area (Å²) in [5.41, 5.74) is 7.55. The highest BCUT2D eigenvalue weighted by Crippen LogP contribution is 2.37. The number of hydrogen-bond acceptors (Lipinski definition) is 5. The molecule has 0 spiro atoms. The van der Waals surface area contributed by atoms with Crippen molar-refractivity contribution in [2.24, 2.45) is 5.73 Å². The van der Waals surface area contributed by atoms with Crippen LogP contribution in [0.1, 0.15) is 11.6 Å². The molecule has 1 aliphatic heterocycles. The van der Waals surface area contributed by atoms with Gasteiger partial charge in [0.15, 0.2) is 0 Å². The van der Waals surface area contributed by atoms with Crippen molar-refractivity contribution in [1.29, 1.82) is 0 Å². The van der Waals surface area contributed by atoms with Crippen molar-refractivity contribution in [2.45, 2.75) is 16.2 Å². The molecule has 0 bridgehead atoms.